The van der Waals surface area contributed by atoms with Crippen LogP contribution in [-0.4, -0.2) is 19.4 Å². The second-order valence-electron chi connectivity index (χ2n) is 4.77. The summed E-state index contributed by atoms with van der Waals surface area (Å²) >= 11 is 25.1. The molecule has 0 saturated carbocycles. The lowest BCUT2D eigenvalue weighted by atomic mass is 10.3. The first-order valence-corrected chi connectivity index (χ1v) is 9.82. The number of ether oxygens (including phenoxy) is 2. The molecule has 1 aromatic heterocycles. The molecule has 0 amide bonds. The highest BCUT2D eigenvalue weighted by Crippen LogP contribution is 2.37. The minimum Gasteiger partial charge on any atom is -0.489 e. The standard InChI is InChI=1S/C17H15Cl4NO3S/c1-2-25-22-9-12-3-4-13(26-12)10-24-17-14(18)7-11(8-15(17)19)23-6-5-16(20)21/h3-5,7-9H,2,6,10H2,1H3/b22-9+. The van der Waals surface area contributed by atoms with E-state index in [1.165, 1.54) is 17.4 Å². The fourth-order valence-electron chi connectivity index (χ4n) is 1.81. The van der Waals surface area contributed by atoms with Crippen LogP contribution in [0.25, 0.3) is 0 Å². The highest BCUT2D eigenvalue weighted by atomic mass is 35.5. The van der Waals surface area contributed by atoms with Gasteiger partial charge in [-0.15, -0.1) is 11.3 Å². The molecular weight excluding hydrogens is 440 g/mol. The Morgan fingerprint density at radius 1 is 1.15 bits per heavy atom. The number of nitrogens with zero attached hydrogens (tertiary/aromatic N) is 1. The number of benzene rings is 1. The zero-order chi connectivity index (χ0) is 18.9. The van der Waals surface area contributed by atoms with Crippen molar-refractivity contribution in [2.75, 3.05) is 13.2 Å². The first kappa shape index (κ1) is 21.2. The fraction of sp³-hybridized carbons (Fsp3) is 0.235. The van der Waals surface area contributed by atoms with E-state index in [4.69, 9.17) is 60.7 Å². The first-order valence-electron chi connectivity index (χ1n) is 7.49. The Bertz CT molecular complexity index is 765. The van der Waals surface area contributed by atoms with E-state index in [0.29, 0.717) is 34.8 Å². The summed E-state index contributed by atoms with van der Waals surface area (Å²) in [7, 11) is 0. The van der Waals surface area contributed by atoms with Gasteiger partial charge in [0.25, 0.3) is 0 Å². The van der Waals surface area contributed by atoms with Crippen LogP contribution in [-0.2, 0) is 11.4 Å². The molecule has 0 aliphatic rings. The SMILES string of the molecule is CCO/N=C/c1ccc(COc2c(Cl)cc(OCC=C(Cl)Cl)cc2Cl)s1. The number of hydrogen-bond donors (Lipinski definition) is 0. The molecule has 0 atom stereocenters. The third-order valence-corrected chi connectivity index (χ3v) is 4.75. The van der Waals surface area contributed by atoms with E-state index < -0.39 is 0 Å². The number of rotatable bonds is 9. The summed E-state index contributed by atoms with van der Waals surface area (Å²) in [5.41, 5.74) is 0. The summed E-state index contributed by atoms with van der Waals surface area (Å²) < 4.78 is 11.3. The van der Waals surface area contributed by atoms with Crippen LogP contribution in [0, 0.1) is 0 Å². The maximum Gasteiger partial charge on any atom is 0.157 e. The Morgan fingerprint density at radius 2 is 1.88 bits per heavy atom. The molecule has 26 heavy (non-hydrogen) atoms. The second-order valence-corrected chi connectivity index (χ2v) is 7.79. The third-order valence-electron chi connectivity index (χ3n) is 2.88. The number of hydrogen-bond acceptors (Lipinski definition) is 5. The van der Waals surface area contributed by atoms with Crippen LogP contribution in [0.2, 0.25) is 10.0 Å². The average Bonchev–Trinajstić information content (AvgIpc) is 3.02. The van der Waals surface area contributed by atoms with Crippen molar-refractivity contribution in [2.45, 2.75) is 13.5 Å². The van der Waals surface area contributed by atoms with Crippen LogP contribution in [0.3, 0.4) is 0 Å². The van der Waals surface area contributed by atoms with Gasteiger partial charge >= 0.3 is 0 Å². The zero-order valence-corrected chi connectivity index (χ0v) is 17.5. The Hall–Kier alpha value is -1.11. The molecule has 0 unspecified atom stereocenters. The van der Waals surface area contributed by atoms with Gasteiger partial charge in [-0.1, -0.05) is 51.6 Å². The van der Waals surface area contributed by atoms with Crippen LogP contribution in [0.4, 0.5) is 0 Å². The Labute approximate surface area is 175 Å². The van der Waals surface area contributed by atoms with Gasteiger partial charge in [0.2, 0.25) is 0 Å². The highest BCUT2D eigenvalue weighted by Gasteiger charge is 2.11. The van der Waals surface area contributed by atoms with Crippen LogP contribution < -0.4 is 9.47 Å². The summed E-state index contributed by atoms with van der Waals surface area (Å²) in [6.45, 7) is 2.94. The summed E-state index contributed by atoms with van der Waals surface area (Å²) in [6, 6.07) is 7.11. The highest BCUT2D eigenvalue weighted by molar-refractivity contribution is 7.13. The predicted molar refractivity (Wildman–Crippen MR) is 110 cm³/mol. The van der Waals surface area contributed by atoms with E-state index >= 15 is 0 Å². The molecule has 9 heteroatoms. The first-order chi connectivity index (χ1) is 12.5. The van der Waals surface area contributed by atoms with Crippen molar-refractivity contribution in [3.8, 4) is 11.5 Å². The molecular formula is C17H15Cl4NO3S. The van der Waals surface area contributed by atoms with E-state index in [0.717, 1.165) is 9.75 Å². The number of oxime groups is 1. The van der Waals surface area contributed by atoms with Gasteiger partial charge in [0, 0.05) is 21.9 Å². The molecule has 0 aliphatic heterocycles. The van der Waals surface area contributed by atoms with E-state index in [2.05, 4.69) is 5.16 Å². The topological polar surface area (TPSA) is 40.0 Å². The summed E-state index contributed by atoms with van der Waals surface area (Å²) in [5.74, 6) is 0.883. The van der Waals surface area contributed by atoms with Gasteiger partial charge in [-0.05, 0) is 25.1 Å². The van der Waals surface area contributed by atoms with Gasteiger partial charge in [-0.25, -0.2) is 0 Å². The lowest BCUT2D eigenvalue weighted by Crippen LogP contribution is -1.97. The zero-order valence-electron chi connectivity index (χ0n) is 13.7. The lowest BCUT2D eigenvalue weighted by Gasteiger charge is -2.11. The summed E-state index contributed by atoms with van der Waals surface area (Å²) in [5, 5.41) is 4.53. The molecule has 140 valence electrons. The molecule has 0 saturated heterocycles. The molecule has 1 heterocycles. The molecule has 1 aromatic carbocycles. The molecule has 2 aromatic rings. The van der Waals surface area contributed by atoms with Gasteiger partial charge in [0.15, 0.2) is 5.75 Å². The molecule has 0 N–H and O–H groups in total. The smallest absolute Gasteiger partial charge is 0.157 e. The van der Waals surface area contributed by atoms with Crippen molar-refractivity contribution in [1.82, 2.24) is 0 Å². The molecule has 0 radical (unpaired) electrons. The minimum atomic E-state index is 0.128. The predicted octanol–water partition coefficient (Wildman–Crippen LogP) is 6.70. The molecule has 0 fully saturated rings. The van der Waals surface area contributed by atoms with Crippen molar-refractivity contribution in [2.24, 2.45) is 5.16 Å². The summed E-state index contributed by atoms with van der Waals surface area (Å²) in [4.78, 5) is 6.90. The van der Waals surface area contributed by atoms with E-state index in [1.807, 2.05) is 19.1 Å². The Balaban J connectivity index is 1.98. The van der Waals surface area contributed by atoms with Crippen LogP contribution in [0.1, 0.15) is 16.7 Å². The van der Waals surface area contributed by atoms with Crippen LogP contribution in [0.5, 0.6) is 11.5 Å². The van der Waals surface area contributed by atoms with Crippen molar-refractivity contribution in [3.63, 3.8) is 0 Å². The largest absolute Gasteiger partial charge is 0.489 e. The van der Waals surface area contributed by atoms with Gasteiger partial charge in [0.05, 0.1) is 16.3 Å². The molecule has 0 bridgehead atoms. The molecule has 4 nitrogen and oxygen atoms in total. The maximum atomic E-state index is 6.24. The van der Waals surface area contributed by atoms with E-state index in [9.17, 15) is 0 Å². The maximum absolute atomic E-state index is 6.24. The van der Waals surface area contributed by atoms with Crippen molar-refractivity contribution in [3.05, 3.63) is 54.6 Å². The van der Waals surface area contributed by atoms with Gasteiger partial charge < -0.3 is 14.3 Å². The van der Waals surface area contributed by atoms with Gasteiger partial charge in [-0.2, -0.15) is 0 Å². The fourth-order valence-corrected chi connectivity index (χ4v) is 3.30. The van der Waals surface area contributed by atoms with Gasteiger partial charge in [0.1, 0.15) is 30.1 Å². The molecule has 2 rings (SSSR count). The third kappa shape index (κ3) is 6.89. The van der Waals surface area contributed by atoms with Crippen molar-refractivity contribution < 1.29 is 14.3 Å². The number of thiophene rings is 1. The molecule has 0 aliphatic carbocycles. The normalized spacial score (nSPS) is 10.8. The quantitative estimate of drug-likeness (QED) is 0.312. The monoisotopic (exact) mass is 453 g/mol. The Kier molecular flexibility index (Phi) is 8.88. The average molecular weight is 455 g/mol. The van der Waals surface area contributed by atoms with Crippen molar-refractivity contribution in [1.29, 1.82) is 0 Å². The van der Waals surface area contributed by atoms with E-state index in [1.54, 1.807) is 18.3 Å². The lowest BCUT2D eigenvalue weighted by molar-refractivity contribution is 0.160. The molecule has 0 spiro atoms. The second kappa shape index (κ2) is 10.9. The van der Waals surface area contributed by atoms with Crippen molar-refractivity contribution >= 4 is 64.0 Å². The van der Waals surface area contributed by atoms with Crippen LogP contribution in [0.15, 0.2) is 40.0 Å². The van der Waals surface area contributed by atoms with Gasteiger partial charge in [-0.3, -0.25) is 0 Å². The number of halogens is 4. The Morgan fingerprint density at radius 3 is 2.54 bits per heavy atom. The van der Waals surface area contributed by atoms with E-state index in [-0.39, 0.29) is 11.1 Å². The van der Waals surface area contributed by atoms with Crippen LogP contribution >= 0.6 is 57.7 Å². The minimum absolute atomic E-state index is 0.128. The summed E-state index contributed by atoms with van der Waals surface area (Å²) in [6.07, 6.45) is 3.17.